The molecule has 0 saturated heterocycles. The first-order valence-corrected chi connectivity index (χ1v) is 4.71. The molecule has 5 heteroatoms. The smallest absolute Gasteiger partial charge is 0.358 e. The third kappa shape index (κ3) is 1.63. The molecule has 1 aromatic carbocycles. The Bertz CT molecular complexity index is 505. The summed E-state index contributed by atoms with van der Waals surface area (Å²) in [5.74, 6) is -0.521. The Morgan fingerprint density at radius 1 is 1.38 bits per heavy atom. The van der Waals surface area contributed by atoms with Gasteiger partial charge in [-0.25, -0.2) is 4.79 Å². The maximum Gasteiger partial charge on any atom is 0.358 e. The van der Waals surface area contributed by atoms with Crippen molar-refractivity contribution in [3.8, 4) is 11.3 Å². The molecule has 0 bridgehead atoms. The highest BCUT2D eigenvalue weighted by Crippen LogP contribution is 2.25. The zero-order chi connectivity index (χ0) is 11.5. The highest BCUT2D eigenvalue weighted by atomic mass is 16.5. The van der Waals surface area contributed by atoms with Crippen molar-refractivity contribution in [1.29, 1.82) is 0 Å². The molecule has 0 unspecified atom stereocenters. The van der Waals surface area contributed by atoms with Gasteiger partial charge in [0.2, 0.25) is 0 Å². The summed E-state index contributed by atoms with van der Waals surface area (Å²) in [6.45, 7) is 0. The zero-order valence-corrected chi connectivity index (χ0v) is 8.73. The summed E-state index contributed by atoms with van der Waals surface area (Å²) in [4.78, 5) is 11.3. The number of ether oxygens (including phenoxy) is 1. The first-order valence-electron chi connectivity index (χ1n) is 4.71. The Labute approximate surface area is 92.2 Å². The topological polar surface area (TPSA) is 81.0 Å². The number of benzene rings is 1. The number of anilines is 1. The standard InChI is InChI=1S/C11H11N3O2/c1-16-11(15)10-8(12)9(13-14-10)7-5-3-2-4-6-7/h2-6H,12H2,1H3,(H,13,14). The van der Waals surface area contributed by atoms with E-state index < -0.39 is 5.97 Å². The van der Waals surface area contributed by atoms with Crippen molar-refractivity contribution >= 4 is 11.7 Å². The molecule has 82 valence electrons. The molecular weight excluding hydrogens is 206 g/mol. The molecule has 0 aliphatic carbocycles. The van der Waals surface area contributed by atoms with Gasteiger partial charge in [0.25, 0.3) is 0 Å². The number of rotatable bonds is 2. The second-order valence-corrected chi connectivity index (χ2v) is 3.22. The summed E-state index contributed by atoms with van der Waals surface area (Å²) >= 11 is 0. The average Bonchev–Trinajstić information content (AvgIpc) is 2.71. The molecule has 0 atom stereocenters. The number of carbonyl (C=O) groups is 1. The fourth-order valence-corrected chi connectivity index (χ4v) is 1.42. The van der Waals surface area contributed by atoms with Crippen LogP contribution >= 0.6 is 0 Å². The van der Waals surface area contributed by atoms with Crippen molar-refractivity contribution in [2.75, 3.05) is 12.8 Å². The molecule has 3 N–H and O–H groups in total. The molecule has 0 aliphatic rings. The summed E-state index contributed by atoms with van der Waals surface area (Å²) < 4.78 is 4.58. The third-order valence-corrected chi connectivity index (χ3v) is 2.24. The number of aromatic nitrogens is 2. The van der Waals surface area contributed by atoms with Gasteiger partial charge in [0, 0.05) is 5.56 Å². The number of nitrogens with zero attached hydrogens (tertiary/aromatic N) is 1. The van der Waals surface area contributed by atoms with Crippen LogP contribution in [0.25, 0.3) is 11.3 Å². The molecule has 1 aromatic heterocycles. The number of esters is 1. The van der Waals surface area contributed by atoms with Crippen LogP contribution in [0.1, 0.15) is 10.5 Å². The fourth-order valence-electron chi connectivity index (χ4n) is 1.42. The molecule has 1 heterocycles. The van der Waals surface area contributed by atoms with Crippen LogP contribution in [0.15, 0.2) is 30.3 Å². The number of methoxy groups -OCH3 is 1. The second-order valence-electron chi connectivity index (χ2n) is 3.22. The zero-order valence-electron chi connectivity index (χ0n) is 8.73. The lowest BCUT2D eigenvalue weighted by Crippen LogP contribution is -2.04. The number of H-pyrrole nitrogens is 1. The molecule has 2 aromatic rings. The van der Waals surface area contributed by atoms with E-state index in [-0.39, 0.29) is 5.69 Å². The summed E-state index contributed by atoms with van der Waals surface area (Å²) in [5.41, 5.74) is 7.71. The number of nitrogen functional groups attached to an aromatic ring is 1. The number of carbonyl (C=O) groups excluding carboxylic acids is 1. The highest BCUT2D eigenvalue weighted by Gasteiger charge is 2.17. The molecule has 0 spiro atoms. The minimum absolute atomic E-state index is 0.182. The Balaban J connectivity index is 2.45. The van der Waals surface area contributed by atoms with Crippen LogP contribution in [0.4, 0.5) is 5.69 Å². The van der Waals surface area contributed by atoms with E-state index in [9.17, 15) is 4.79 Å². The maximum absolute atomic E-state index is 11.3. The predicted octanol–water partition coefficient (Wildman–Crippen LogP) is 1.45. The normalized spacial score (nSPS) is 10.1. The minimum atomic E-state index is -0.521. The molecule has 16 heavy (non-hydrogen) atoms. The Morgan fingerprint density at radius 3 is 2.69 bits per heavy atom. The SMILES string of the molecule is COC(=O)c1[nH]nc(-c2ccccc2)c1N. The Morgan fingerprint density at radius 2 is 2.06 bits per heavy atom. The van der Waals surface area contributed by atoms with Gasteiger partial charge in [0.05, 0.1) is 12.8 Å². The van der Waals surface area contributed by atoms with E-state index in [0.717, 1.165) is 5.56 Å². The molecule has 5 nitrogen and oxygen atoms in total. The number of aromatic amines is 1. The highest BCUT2D eigenvalue weighted by molar-refractivity contribution is 5.96. The summed E-state index contributed by atoms with van der Waals surface area (Å²) in [5, 5.41) is 6.58. The van der Waals surface area contributed by atoms with Crippen molar-refractivity contribution in [2.24, 2.45) is 0 Å². The molecule has 0 aliphatic heterocycles. The molecule has 0 radical (unpaired) electrons. The molecule has 0 amide bonds. The lowest BCUT2D eigenvalue weighted by Gasteiger charge is -1.98. The van der Waals surface area contributed by atoms with Crippen LogP contribution in [-0.2, 0) is 4.74 Å². The predicted molar refractivity (Wildman–Crippen MR) is 59.8 cm³/mol. The number of nitrogens with two attached hydrogens (primary N) is 1. The largest absolute Gasteiger partial charge is 0.464 e. The van der Waals surface area contributed by atoms with Gasteiger partial charge in [0.15, 0.2) is 5.69 Å². The fraction of sp³-hybridized carbons (Fsp3) is 0.0909. The minimum Gasteiger partial charge on any atom is -0.464 e. The summed E-state index contributed by atoms with van der Waals surface area (Å²) in [6, 6.07) is 9.39. The quantitative estimate of drug-likeness (QED) is 0.746. The molecule has 0 fully saturated rings. The van der Waals surface area contributed by atoms with E-state index in [1.165, 1.54) is 7.11 Å². The van der Waals surface area contributed by atoms with Gasteiger partial charge in [0.1, 0.15) is 5.69 Å². The van der Waals surface area contributed by atoms with Crippen LogP contribution < -0.4 is 5.73 Å². The Kier molecular flexibility index (Phi) is 2.59. The van der Waals surface area contributed by atoms with Gasteiger partial charge in [-0.15, -0.1) is 0 Å². The van der Waals surface area contributed by atoms with E-state index in [1.807, 2.05) is 30.3 Å². The third-order valence-electron chi connectivity index (χ3n) is 2.24. The number of hydrogen-bond acceptors (Lipinski definition) is 4. The first-order chi connectivity index (χ1) is 7.74. The van der Waals surface area contributed by atoms with Crippen molar-refractivity contribution < 1.29 is 9.53 Å². The number of hydrogen-bond donors (Lipinski definition) is 2. The van der Waals surface area contributed by atoms with Crippen LogP contribution in [0.5, 0.6) is 0 Å². The van der Waals surface area contributed by atoms with Crippen LogP contribution in [-0.4, -0.2) is 23.3 Å². The maximum atomic E-state index is 11.3. The second kappa shape index (κ2) is 4.06. The molecule has 0 saturated carbocycles. The van der Waals surface area contributed by atoms with E-state index in [0.29, 0.717) is 11.4 Å². The van der Waals surface area contributed by atoms with E-state index in [2.05, 4.69) is 14.9 Å². The van der Waals surface area contributed by atoms with Crippen molar-refractivity contribution in [3.63, 3.8) is 0 Å². The van der Waals surface area contributed by atoms with Gasteiger partial charge >= 0.3 is 5.97 Å². The van der Waals surface area contributed by atoms with Gasteiger partial charge in [-0.3, -0.25) is 5.10 Å². The monoisotopic (exact) mass is 217 g/mol. The van der Waals surface area contributed by atoms with Gasteiger partial charge in [-0.2, -0.15) is 5.10 Å². The van der Waals surface area contributed by atoms with E-state index in [1.54, 1.807) is 0 Å². The van der Waals surface area contributed by atoms with Crippen molar-refractivity contribution in [2.45, 2.75) is 0 Å². The summed E-state index contributed by atoms with van der Waals surface area (Å²) in [7, 11) is 1.30. The average molecular weight is 217 g/mol. The van der Waals surface area contributed by atoms with Crippen LogP contribution in [0.3, 0.4) is 0 Å². The first kappa shape index (κ1) is 10.2. The van der Waals surface area contributed by atoms with Crippen LogP contribution in [0.2, 0.25) is 0 Å². The van der Waals surface area contributed by atoms with Gasteiger partial charge in [-0.05, 0) is 0 Å². The van der Waals surface area contributed by atoms with E-state index >= 15 is 0 Å². The van der Waals surface area contributed by atoms with Crippen molar-refractivity contribution in [1.82, 2.24) is 10.2 Å². The van der Waals surface area contributed by atoms with Crippen LogP contribution in [0, 0.1) is 0 Å². The summed E-state index contributed by atoms with van der Waals surface area (Å²) in [6.07, 6.45) is 0. The number of nitrogens with one attached hydrogen (secondary N) is 1. The van der Waals surface area contributed by atoms with E-state index in [4.69, 9.17) is 5.73 Å². The van der Waals surface area contributed by atoms with Gasteiger partial charge < -0.3 is 10.5 Å². The van der Waals surface area contributed by atoms with Gasteiger partial charge in [-0.1, -0.05) is 30.3 Å². The molecular formula is C11H11N3O2. The lowest BCUT2D eigenvalue weighted by atomic mass is 10.1. The molecule has 2 rings (SSSR count). The Hall–Kier alpha value is -2.30. The lowest BCUT2D eigenvalue weighted by molar-refractivity contribution is 0.0595. The van der Waals surface area contributed by atoms with Crippen molar-refractivity contribution in [3.05, 3.63) is 36.0 Å².